The van der Waals surface area contributed by atoms with Gasteiger partial charge in [0.1, 0.15) is 11.5 Å². The van der Waals surface area contributed by atoms with Crippen molar-refractivity contribution < 1.29 is 35.9 Å². The summed E-state index contributed by atoms with van der Waals surface area (Å²) in [6, 6.07) is 6.59. The van der Waals surface area contributed by atoms with Gasteiger partial charge < -0.3 is 9.47 Å². The van der Waals surface area contributed by atoms with Crippen LogP contribution in [0.4, 0.5) is 29.7 Å². The number of benzene rings is 2. The second-order valence-corrected chi connectivity index (χ2v) is 10.3. The summed E-state index contributed by atoms with van der Waals surface area (Å²) in [6.07, 6.45) is -3.16. The molecular weight excluding hydrogens is 495 g/mol. The number of amides is 1. The van der Waals surface area contributed by atoms with Crippen LogP contribution in [-0.4, -0.2) is 32.0 Å². The molecule has 2 heterocycles. The van der Waals surface area contributed by atoms with Crippen molar-refractivity contribution in [1.82, 2.24) is 4.98 Å². The molecule has 0 unspecified atom stereocenters. The summed E-state index contributed by atoms with van der Waals surface area (Å²) in [6.45, 7) is 2.94. The van der Waals surface area contributed by atoms with Crippen LogP contribution < -0.4 is 19.1 Å². The molecule has 180 valence electrons. The molecule has 13 heteroatoms. The molecular formula is C21H18F3N3O5S2. The average molecular weight is 514 g/mol. The first-order valence-electron chi connectivity index (χ1n) is 9.69. The van der Waals surface area contributed by atoms with E-state index >= 15 is 0 Å². The van der Waals surface area contributed by atoms with Crippen molar-refractivity contribution in [2.24, 2.45) is 0 Å². The van der Waals surface area contributed by atoms with Crippen molar-refractivity contribution in [3.63, 3.8) is 0 Å². The summed E-state index contributed by atoms with van der Waals surface area (Å²) in [5.41, 5.74) is -2.19. The maximum atomic E-state index is 13.2. The van der Waals surface area contributed by atoms with E-state index in [2.05, 4.69) is 9.71 Å². The molecule has 0 bridgehead atoms. The van der Waals surface area contributed by atoms with Crippen LogP contribution in [0.5, 0.6) is 11.5 Å². The van der Waals surface area contributed by atoms with E-state index in [9.17, 15) is 26.4 Å². The van der Waals surface area contributed by atoms with E-state index in [1.54, 1.807) is 5.38 Å². The number of alkyl halides is 3. The number of carbonyl (C=O) groups excluding carboxylic acids is 1. The van der Waals surface area contributed by atoms with Gasteiger partial charge in [0.05, 0.1) is 28.9 Å². The minimum atomic E-state index is -4.61. The lowest BCUT2D eigenvalue weighted by molar-refractivity contribution is -0.137. The Bertz CT molecular complexity index is 1360. The predicted octanol–water partition coefficient (Wildman–Crippen LogP) is 4.81. The lowest BCUT2D eigenvalue weighted by Crippen LogP contribution is -2.50. The fourth-order valence-electron chi connectivity index (χ4n) is 3.35. The van der Waals surface area contributed by atoms with Crippen molar-refractivity contribution in [2.75, 3.05) is 16.7 Å². The summed E-state index contributed by atoms with van der Waals surface area (Å²) in [4.78, 5) is 18.1. The first kappa shape index (κ1) is 23.8. The van der Waals surface area contributed by atoms with Crippen LogP contribution in [-0.2, 0) is 21.0 Å². The number of hydrogen-bond acceptors (Lipinski definition) is 7. The van der Waals surface area contributed by atoms with E-state index < -0.39 is 33.3 Å². The SMILES string of the molecule is COc1cc(C(F)(F)F)ccc1N1C(=O)C(C)(C)Oc2cc(S(=O)(=O)Nc3nccs3)ccc21. The molecule has 0 radical (unpaired) electrons. The second-order valence-electron chi connectivity index (χ2n) is 7.71. The van der Waals surface area contributed by atoms with Crippen LogP contribution in [0.25, 0.3) is 0 Å². The summed E-state index contributed by atoms with van der Waals surface area (Å²) in [5, 5.41) is 1.78. The minimum absolute atomic E-state index is 0.0496. The lowest BCUT2D eigenvalue weighted by Gasteiger charge is -2.39. The van der Waals surface area contributed by atoms with E-state index in [0.717, 1.165) is 34.4 Å². The zero-order chi connectivity index (χ0) is 24.9. The Kier molecular flexibility index (Phi) is 5.72. The highest BCUT2D eigenvalue weighted by Gasteiger charge is 2.43. The topological polar surface area (TPSA) is 97.8 Å². The number of hydrogen-bond donors (Lipinski definition) is 1. The van der Waals surface area contributed by atoms with Gasteiger partial charge in [0, 0.05) is 17.6 Å². The Morgan fingerprint density at radius 1 is 1.15 bits per heavy atom. The molecule has 2 aromatic carbocycles. The number of thiazole rings is 1. The molecule has 4 rings (SSSR count). The summed E-state index contributed by atoms with van der Waals surface area (Å²) < 4.78 is 78.4. The zero-order valence-electron chi connectivity index (χ0n) is 18.0. The van der Waals surface area contributed by atoms with Crippen molar-refractivity contribution in [3.05, 3.63) is 53.5 Å². The Hall–Kier alpha value is -3.32. The maximum absolute atomic E-state index is 13.2. The van der Waals surface area contributed by atoms with Crippen molar-refractivity contribution in [1.29, 1.82) is 0 Å². The normalized spacial score (nSPS) is 15.5. The van der Waals surface area contributed by atoms with Crippen molar-refractivity contribution in [3.8, 4) is 11.5 Å². The van der Waals surface area contributed by atoms with Crippen LogP contribution in [0.15, 0.2) is 52.9 Å². The molecule has 3 aromatic rings. The third-order valence-electron chi connectivity index (χ3n) is 4.97. The largest absolute Gasteiger partial charge is 0.495 e. The first-order valence-corrected chi connectivity index (χ1v) is 12.0. The van der Waals surface area contributed by atoms with Crippen LogP contribution >= 0.6 is 11.3 Å². The number of ether oxygens (including phenoxy) is 2. The van der Waals surface area contributed by atoms with Gasteiger partial charge in [0.15, 0.2) is 10.7 Å². The third-order valence-corrected chi connectivity index (χ3v) is 7.12. The van der Waals surface area contributed by atoms with Gasteiger partial charge in [-0.2, -0.15) is 13.2 Å². The second kappa shape index (κ2) is 8.17. The molecule has 1 N–H and O–H groups in total. The van der Waals surface area contributed by atoms with Gasteiger partial charge in [-0.25, -0.2) is 13.4 Å². The number of nitrogens with one attached hydrogen (secondary N) is 1. The highest BCUT2D eigenvalue weighted by Crippen LogP contribution is 2.46. The molecule has 1 amide bonds. The Balaban J connectivity index is 1.82. The number of sulfonamides is 1. The molecule has 8 nitrogen and oxygen atoms in total. The smallest absolute Gasteiger partial charge is 0.416 e. The fraction of sp³-hybridized carbons (Fsp3) is 0.238. The number of fused-ring (bicyclic) bond motifs is 1. The van der Waals surface area contributed by atoms with Crippen molar-refractivity contribution in [2.45, 2.75) is 30.5 Å². The first-order chi connectivity index (χ1) is 15.8. The monoisotopic (exact) mass is 513 g/mol. The van der Waals surface area contributed by atoms with E-state index in [4.69, 9.17) is 9.47 Å². The van der Waals surface area contributed by atoms with E-state index in [1.807, 2.05) is 0 Å². The molecule has 0 fully saturated rings. The zero-order valence-corrected chi connectivity index (χ0v) is 19.6. The van der Waals surface area contributed by atoms with Gasteiger partial charge in [-0.15, -0.1) is 11.3 Å². The van der Waals surface area contributed by atoms with E-state index in [0.29, 0.717) is 0 Å². The maximum Gasteiger partial charge on any atom is 0.416 e. The molecule has 1 aliphatic rings. The van der Waals surface area contributed by atoms with Gasteiger partial charge in [0.25, 0.3) is 15.9 Å². The number of anilines is 3. The van der Waals surface area contributed by atoms with E-state index in [1.165, 1.54) is 45.4 Å². The van der Waals surface area contributed by atoms with Gasteiger partial charge in [-0.1, -0.05) is 0 Å². The molecule has 0 atom stereocenters. The third kappa shape index (κ3) is 4.28. The highest BCUT2D eigenvalue weighted by molar-refractivity contribution is 7.93. The number of nitrogens with zero attached hydrogens (tertiary/aromatic N) is 2. The Labute approximate surface area is 197 Å². The van der Waals surface area contributed by atoms with Gasteiger partial charge >= 0.3 is 6.18 Å². The van der Waals surface area contributed by atoms with Crippen molar-refractivity contribution >= 4 is 43.8 Å². The molecule has 0 aliphatic carbocycles. The molecule has 1 aliphatic heterocycles. The number of halogens is 3. The molecule has 1 aromatic heterocycles. The Morgan fingerprint density at radius 3 is 2.47 bits per heavy atom. The van der Waals surface area contributed by atoms with Gasteiger partial charge in [-0.3, -0.25) is 14.4 Å². The molecule has 0 saturated carbocycles. The van der Waals surface area contributed by atoms with Crippen LogP contribution in [0, 0.1) is 0 Å². The standard InChI is InChI=1S/C21H18F3N3O5S2/c1-20(2)18(28)27(14-6-4-12(21(22,23)24)10-16(14)31-3)15-7-5-13(11-17(15)32-20)34(29,30)26-19-25-8-9-33-19/h4-11H,1-3H3,(H,25,26). The number of aromatic nitrogens is 1. The van der Waals surface area contributed by atoms with Crippen LogP contribution in [0.3, 0.4) is 0 Å². The highest BCUT2D eigenvalue weighted by atomic mass is 32.2. The quantitative estimate of drug-likeness (QED) is 0.526. The summed E-state index contributed by atoms with van der Waals surface area (Å²) in [5.74, 6) is -0.711. The molecule has 0 saturated heterocycles. The van der Waals surface area contributed by atoms with Crippen LogP contribution in [0.2, 0.25) is 0 Å². The molecule has 34 heavy (non-hydrogen) atoms. The average Bonchev–Trinajstić information content (AvgIpc) is 3.25. The minimum Gasteiger partial charge on any atom is -0.495 e. The number of methoxy groups -OCH3 is 1. The summed E-state index contributed by atoms with van der Waals surface area (Å²) in [7, 11) is -2.83. The van der Waals surface area contributed by atoms with Gasteiger partial charge in [0.2, 0.25) is 0 Å². The fourth-order valence-corrected chi connectivity index (χ4v) is 5.15. The molecule has 0 spiro atoms. The summed E-state index contributed by atoms with van der Waals surface area (Å²) >= 11 is 1.10. The van der Waals surface area contributed by atoms with E-state index in [-0.39, 0.29) is 32.9 Å². The number of rotatable bonds is 5. The number of carbonyl (C=O) groups is 1. The predicted molar refractivity (Wildman–Crippen MR) is 119 cm³/mol. The van der Waals surface area contributed by atoms with Gasteiger partial charge in [-0.05, 0) is 44.2 Å². The van der Waals surface area contributed by atoms with Crippen LogP contribution in [0.1, 0.15) is 19.4 Å². The lowest BCUT2D eigenvalue weighted by atomic mass is 10.0. The Morgan fingerprint density at radius 2 is 1.85 bits per heavy atom.